The molecular formula is C14H22FNO2. The maximum atomic E-state index is 13.4. The number of nitrogens with one attached hydrogen (secondary N) is 1. The second-order valence-electron chi connectivity index (χ2n) is 4.05. The zero-order valence-corrected chi connectivity index (χ0v) is 11.5. The summed E-state index contributed by atoms with van der Waals surface area (Å²) in [4.78, 5) is 0. The zero-order valence-electron chi connectivity index (χ0n) is 11.5. The number of methoxy groups -OCH3 is 1. The Morgan fingerprint density at radius 2 is 2.06 bits per heavy atom. The minimum atomic E-state index is -0.266. The molecule has 0 aliphatic heterocycles. The third kappa shape index (κ3) is 3.43. The fourth-order valence-corrected chi connectivity index (χ4v) is 2.15. The fourth-order valence-electron chi connectivity index (χ4n) is 2.15. The van der Waals surface area contributed by atoms with Crippen LogP contribution in [0, 0.1) is 5.82 Å². The van der Waals surface area contributed by atoms with Crippen LogP contribution in [0.15, 0.2) is 18.2 Å². The molecule has 102 valence electrons. The Bertz CT molecular complexity index is 371. The summed E-state index contributed by atoms with van der Waals surface area (Å²) < 4.78 is 24.4. The molecule has 1 N–H and O–H groups in total. The first-order chi connectivity index (χ1) is 8.67. The van der Waals surface area contributed by atoms with Crippen molar-refractivity contribution in [1.29, 1.82) is 0 Å². The van der Waals surface area contributed by atoms with Crippen molar-refractivity contribution >= 4 is 0 Å². The molecule has 0 saturated heterocycles. The highest BCUT2D eigenvalue weighted by Crippen LogP contribution is 2.30. The Labute approximate surface area is 108 Å². The van der Waals surface area contributed by atoms with Gasteiger partial charge in [-0.15, -0.1) is 0 Å². The predicted molar refractivity (Wildman–Crippen MR) is 70.5 cm³/mol. The summed E-state index contributed by atoms with van der Waals surface area (Å²) in [7, 11) is 3.43. The van der Waals surface area contributed by atoms with E-state index in [-0.39, 0.29) is 18.0 Å². The Hall–Kier alpha value is -1.13. The van der Waals surface area contributed by atoms with Crippen LogP contribution in [0.2, 0.25) is 0 Å². The van der Waals surface area contributed by atoms with Gasteiger partial charge in [0.1, 0.15) is 11.6 Å². The molecule has 1 aromatic rings. The summed E-state index contributed by atoms with van der Waals surface area (Å²) >= 11 is 0. The molecule has 4 heteroatoms. The lowest BCUT2D eigenvalue weighted by molar-refractivity contribution is 0.0327. The number of ether oxygens (including phenoxy) is 2. The monoisotopic (exact) mass is 255 g/mol. The lowest BCUT2D eigenvalue weighted by Crippen LogP contribution is -2.31. The van der Waals surface area contributed by atoms with Crippen molar-refractivity contribution in [3.63, 3.8) is 0 Å². The first-order valence-corrected chi connectivity index (χ1v) is 6.30. The zero-order chi connectivity index (χ0) is 13.5. The van der Waals surface area contributed by atoms with Gasteiger partial charge in [-0.25, -0.2) is 4.39 Å². The summed E-state index contributed by atoms with van der Waals surface area (Å²) in [6.45, 7) is 4.64. The summed E-state index contributed by atoms with van der Waals surface area (Å²) in [5, 5.41) is 3.18. The van der Waals surface area contributed by atoms with Crippen molar-refractivity contribution in [3.05, 3.63) is 29.6 Å². The first kappa shape index (κ1) is 14.9. The quantitative estimate of drug-likeness (QED) is 0.812. The fraction of sp³-hybridized carbons (Fsp3) is 0.571. The van der Waals surface area contributed by atoms with Gasteiger partial charge in [0, 0.05) is 12.2 Å². The van der Waals surface area contributed by atoms with E-state index < -0.39 is 0 Å². The van der Waals surface area contributed by atoms with Crippen molar-refractivity contribution in [2.75, 3.05) is 20.8 Å². The van der Waals surface area contributed by atoms with Gasteiger partial charge in [-0.1, -0.05) is 6.92 Å². The highest BCUT2D eigenvalue weighted by atomic mass is 19.1. The number of likely N-dealkylation sites (N-methyl/N-ethyl adjacent to an activating group) is 1. The Kier molecular flexibility index (Phi) is 6.09. The third-order valence-electron chi connectivity index (χ3n) is 2.99. The molecule has 0 amide bonds. The maximum absolute atomic E-state index is 13.4. The van der Waals surface area contributed by atoms with Crippen LogP contribution in [-0.2, 0) is 4.74 Å². The van der Waals surface area contributed by atoms with E-state index in [1.165, 1.54) is 12.1 Å². The third-order valence-corrected chi connectivity index (χ3v) is 2.99. The molecule has 1 rings (SSSR count). The number of hydrogen-bond acceptors (Lipinski definition) is 3. The number of benzene rings is 1. The summed E-state index contributed by atoms with van der Waals surface area (Å²) in [6.07, 6.45) is 0.842. The molecule has 2 unspecified atom stereocenters. The SMILES string of the molecule is CCOC(CC)C(NC)c1cc(F)ccc1OC. The van der Waals surface area contributed by atoms with Gasteiger partial charge in [-0.3, -0.25) is 0 Å². The van der Waals surface area contributed by atoms with Crippen LogP contribution in [0.4, 0.5) is 4.39 Å². The minimum absolute atomic E-state index is 0.00398. The van der Waals surface area contributed by atoms with Gasteiger partial charge in [0.05, 0.1) is 19.3 Å². The van der Waals surface area contributed by atoms with E-state index in [2.05, 4.69) is 12.2 Å². The number of rotatable bonds is 7. The Morgan fingerprint density at radius 1 is 1.33 bits per heavy atom. The molecule has 0 aliphatic rings. The Morgan fingerprint density at radius 3 is 2.56 bits per heavy atom. The molecule has 3 nitrogen and oxygen atoms in total. The molecule has 0 bridgehead atoms. The van der Waals surface area contributed by atoms with E-state index in [1.807, 2.05) is 14.0 Å². The summed E-state index contributed by atoms with van der Waals surface area (Å²) in [5.41, 5.74) is 0.792. The topological polar surface area (TPSA) is 30.5 Å². The lowest BCUT2D eigenvalue weighted by atomic mass is 9.98. The van der Waals surface area contributed by atoms with Crippen LogP contribution in [0.5, 0.6) is 5.75 Å². The van der Waals surface area contributed by atoms with Gasteiger partial charge in [0.15, 0.2) is 0 Å². The van der Waals surface area contributed by atoms with Crippen molar-refractivity contribution in [3.8, 4) is 5.75 Å². The van der Waals surface area contributed by atoms with Gasteiger partial charge in [0.25, 0.3) is 0 Å². The second kappa shape index (κ2) is 7.34. The summed E-state index contributed by atoms with van der Waals surface area (Å²) in [5.74, 6) is 0.409. The Balaban J connectivity index is 3.09. The van der Waals surface area contributed by atoms with Gasteiger partial charge < -0.3 is 14.8 Å². The molecule has 0 aromatic heterocycles. The van der Waals surface area contributed by atoms with Crippen LogP contribution < -0.4 is 10.1 Å². The predicted octanol–water partition coefficient (Wildman–Crippen LogP) is 2.91. The van der Waals surface area contributed by atoms with Crippen LogP contribution >= 0.6 is 0 Å². The molecule has 0 fully saturated rings. The van der Waals surface area contributed by atoms with E-state index in [9.17, 15) is 4.39 Å². The van der Waals surface area contributed by atoms with E-state index in [1.54, 1.807) is 13.2 Å². The van der Waals surface area contributed by atoms with Crippen LogP contribution in [-0.4, -0.2) is 26.9 Å². The molecule has 1 aromatic carbocycles. The number of hydrogen-bond donors (Lipinski definition) is 1. The average Bonchev–Trinajstić information content (AvgIpc) is 2.39. The van der Waals surface area contributed by atoms with Crippen LogP contribution in [0.3, 0.4) is 0 Å². The van der Waals surface area contributed by atoms with Crippen molar-refractivity contribution in [1.82, 2.24) is 5.32 Å². The van der Waals surface area contributed by atoms with Gasteiger partial charge in [-0.05, 0) is 38.6 Å². The van der Waals surface area contributed by atoms with E-state index >= 15 is 0 Å². The maximum Gasteiger partial charge on any atom is 0.123 e. The second-order valence-corrected chi connectivity index (χ2v) is 4.05. The smallest absolute Gasteiger partial charge is 0.123 e. The van der Waals surface area contributed by atoms with Gasteiger partial charge >= 0.3 is 0 Å². The minimum Gasteiger partial charge on any atom is -0.496 e. The molecule has 2 atom stereocenters. The first-order valence-electron chi connectivity index (χ1n) is 6.30. The van der Waals surface area contributed by atoms with Crippen molar-refractivity contribution in [2.24, 2.45) is 0 Å². The molecule has 0 radical (unpaired) electrons. The molecule has 18 heavy (non-hydrogen) atoms. The van der Waals surface area contributed by atoms with E-state index in [4.69, 9.17) is 9.47 Å². The highest BCUT2D eigenvalue weighted by molar-refractivity contribution is 5.37. The lowest BCUT2D eigenvalue weighted by Gasteiger charge is -2.27. The largest absolute Gasteiger partial charge is 0.496 e. The summed E-state index contributed by atoms with van der Waals surface area (Å²) in [6, 6.07) is 4.46. The molecule has 0 aliphatic carbocycles. The van der Waals surface area contributed by atoms with Gasteiger partial charge in [0.2, 0.25) is 0 Å². The van der Waals surface area contributed by atoms with Gasteiger partial charge in [-0.2, -0.15) is 0 Å². The highest BCUT2D eigenvalue weighted by Gasteiger charge is 2.24. The van der Waals surface area contributed by atoms with Crippen molar-refractivity contribution in [2.45, 2.75) is 32.4 Å². The molecule has 0 saturated carbocycles. The molecule has 0 heterocycles. The van der Waals surface area contributed by atoms with Crippen LogP contribution in [0.25, 0.3) is 0 Å². The van der Waals surface area contributed by atoms with Crippen molar-refractivity contribution < 1.29 is 13.9 Å². The normalized spacial score (nSPS) is 14.3. The standard InChI is InChI=1S/C14H22FNO2/c1-5-12(18-6-2)14(16-3)11-9-10(15)7-8-13(11)17-4/h7-9,12,14,16H,5-6H2,1-4H3. The molecular weight excluding hydrogens is 233 g/mol. The van der Waals surface area contributed by atoms with E-state index in [0.717, 1.165) is 12.0 Å². The van der Waals surface area contributed by atoms with Crippen LogP contribution in [0.1, 0.15) is 31.9 Å². The molecule has 0 spiro atoms. The average molecular weight is 255 g/mol. The van der Waals surface area contributed by atoms with E-state index in [0.29, 0.717) is 12.4 Å². The number of halogens is 1.